The second-order valence-electron chi connectivity index (χ2n) is 6.98. The number of anilines is 1. The molecule has 0 atom stereocenters. The van der Waals surface area contributed by atoms with Gasteiger partial charge in [-0.2, -0.15) is 0 Å². The predicted molar refractivity (Wildman–Crippen MR) is 103 cm³/mol. The first-order valence-electron chi connectivity index (χ1n) is 8.92. The molecule has 0 radical (unpaired) electrons. The number of benzene rings is 2. The summed E-state index contributed by atoms with van der Waals surface area (Å²) in [5, 5.41) is 3.38. The number of aromatic amines is 1. The smallest absolute Gasteiger partial charge is 0.238 e. The van der Waals surface area contributed by atoms with Crippen LogP contribution in [0.2, 0.25) is 0 Å². The zero-order chi connectivity index (χ0) is 19.0. The quantitative estimate of drug-likeness (QED) is 0.750. The molecule has 1 amide bonds. The van der Waals surface area contributed by atoms with E-state index in [1.165, 1.54) is 12.1 Å². The lowest BCUT2D eigenvalue weighted by atomic mass is 10.0. The fraction of sp³-hybridized carbons (Fsp3) is 0.238. The minimum absolute atomic E-state index is 0.0256. The molecule has 5 nitrogen and oxygen atoms in total. The Kier molecular flexibility index (Phi) is 4.49. The van der Waals surface area contributed by atoms with E-state index in [2.05, 4.69) is 10.3 Å². The third-order valence-corrected chi connectivity index (χ3v) is 4.88. The first-order chi connectivity index (χ1) is 13.0. The van der Waals surface area contributed by atoms with Gasteiger partial charge in [-0.3, -0.25) is 14.5 Å². The Bertz CT molecular complexity index is 1090. The fourth-order valence-electron chi connectivity index (χ4n) is 3.55. The minimum atomic E-state index is -0.395. The van der Waals surface area contributed by atoms with E-state index in [0.29, 0.717) is 30.6 Å². The molecule has 27 heavy (non-hydrogen) atoms. The van der Waals surface area contributed by atoms with Gasteiger partial charge in [-0.05, 0) is 37.3 Å². The Hall–Kier alpha value is -2.99. The molecule has 0 spiro atoms. The van der Waals surface area contributed by atoms with Crippen molar-refractivity contribution >= 4 is 22.5 Å². The van der Waals surface area contributed by atoms with Gasteiger partial charge in [0.2, 0.25) is 5.91 Å². The maximum absolute atomic E-state index is 13.2. The number of carbonyl (C=O) groups excluding carboxylic acids is 1. The largest absolute Gasteiger partial charge is 0.358 e. The summed E-state index contributed by atoms with van der Waals surface area (Å²) in [6, 6.07) is 11.6. The van der Waals surface area contributed by atoms with E-state index < -0.39 is 5.82 Å². The highest BCUT2D eigenvalue weighted by molar-refractivity contribution is 5.92. The molecule has 0 saturated heterocycles. The van der Waals surface area contributed by atoms with E-state index in [9.17, 15) is 14.0 Å². The Morgan fingerprint density at radius 1 is 1.26 bits per heavy atom. The van der Waals surface area contributed by atoms with E-state index in [-0.39, 0.29) is 17.9 Å². The minimum Gasteiger partial charge on any atom is -0.358 e. The number of carbonyl (C=O) groups is 1. The zero-order valence-corrected chi connectivity index (χ0v) is 15.0. The SMILES string of the molecule is Cc1ccc2[nH]c3c(c(=O)c2c1)CN(CC(=O)Nc1cccc(F)c1)CC3. The van der Waals surface area contributed by atoms with Crippen molar-refractivity contribution in [1.82, 2.24) is 9.88 Å². The summed E-state index contributed by atoms with van der Waals surface area (Å²) in [5.41, 5.74) is 4.00. The molecule has 0 unspecified atom stereocenters. The highest BCUT2D eigenvalue weighted by Gasteiger charge is 2.22. The first-order valence-corrected chi connectivity index (χ1v) is 8.92. The van der Waals surface area contributed by atoms with E-state index in [1.54, 1.807) is 12.1 Å². The molecule has 0 bridgehead atoms. The number of aryl methyl sites for hydroxylation is 1. The number of rotatable bonds is 3. The number of halogens is 1. The van der Waals surface area contributed by atoms with Gasteiger partial charge in [0.05, 0.1) is 6.54 Å². The van der Waals surface area contributed by atoms with Gasteiger partial charge in [0, 0.05) is 47.4 Å². The van der Waals surface area contributed by atoms with Crippen LogP contribution in [0.3, 0.4) is 0 Å². The van der Waals surface area contributed by atoms with Gasteiger partial charge in [-0.25, -0.2) is 4.39 Å². The maximum atomic E-state index is 13.2. The second kappa shape index (κ2) is 6.96. The Balaban J connectivity index is 1.52. The normalized spacial score (nSPS) is 14.1. The molecule has 1 aliphatic rings. The molecule has 0 aliphatic carbocycles. The second-order valence-corrected chi connectivity index (χ2v) is 6.98. The van der Waals surface area contributed by atoms with Gasteiger partial charge in [0.25, 0.3) is 0 Å². The Morgan fingerprint density at radius 3 is 2.93 bits per heavy atom. The van der Waals surface area contributed by atoms with Gasteiger partial charge in [-0.1, -0.05) is 17.7 Å². The van der Waals surface area contributed by atoms with Crippen LogP contribution in [0.25, 0.3) is 10.9 Å². The number of hydrogen-bond acceptors (Lipinski definition) is 3. The molecule has 4 rings (SSSR count). The van der Waals surface area contributed by atoms with Crippen molar-refractivity contribution in [1.29, 1.82) is 0 Å². The van der Waals surface area contributed by atoms with E-state index in [1.807, 2.05) is 30.0 Å². The van der Waals surface area contributed by atoms with Crippen molar-refractivity contribution in [2.75, 3.05) is 18.4 Å². The zero-order valence-electron chi connectivity index (χ0n) is 15.0. The highest BCUT2D eigenvalue weighted by Crippen LogP contribution is 2.19. The van der Waals surface area contributed by atoms with Crippen molar-refractivity contribution in [3.8, 4) is 0 Å². The van der Waals surface area contributed by atoms with E-state index >= 15 is 0 Å². The van der Waals surface area contributed by atoms with E-state index in [4.69, 9.17) is 0 Å². The summed E-state index contributed by atoms with van der Waals surface area (Å²) < 4.78 is 13.2. The van der Waals surface area contributed by atoms with Crippen molar-refractivity contribution < 1.29 is 9.18 Å². The lowest BCUT2D eigenvalue weighted by molar-refractivity contribution is -0.117. The predicted octanol–water partition coefficient (Wildman–Crippen LogP) is 2.97. The summed E-state index contributed by atoms with van der Waals surface area (Å²) in [5.74, 6) is -0.620. The number of nitrogens with one attached hydrogen (secondary N) is 2. The van der Waals surface area contributed by atoms with Crippen LogP contribution in [0, 0.1) is 12.7 Å². The van der Waals surface area contributed by atoms with Crippen LogP contribution < -0.4 is 10.7 Å². The van der Waals surface area contributed by atoms with Gasteiger partial charge < -0.3 is 10.3 Å². The van der Waals surface area contributed by atoms with Crippen LogP contribution in [0.4, 0.5) is 10.1 Å². The van der Waals surface area contributed by atoms with Crippen molar-refractivity contribution in [3.05, 3.63) is 75.3 Å². The summed E-state index contributed by atoms with van der Waals surface area (Å²) in [4.78, 5) is 30.5. The van der Waals surface area contributed by atoms with Crippen molar-refractivity contribution in [3.63, 3.8) is 0 Å². The average Bonchev–Trinajstić information content (AvgIpc) is 2.63. The molecule has 0 fully saturated rings. The number of amides is 1. The van der Waals surface area contributed by atoms with Crippen LogP contribution in [0.5, 0.6) is 0 Å². The third kappa shape index (κ3) is 3.61. The molecule has 3 aromatic rings. The number of H-pyrrole nitrogens is 1. The van der Waals surface area contributed by atoms with Crippen molar-refractivity contribution in [2.24, 2.45) is 0 Å². The number of pyridine rings is 1. The maximum Gasteiger partial charge on any atom is 0.238 e. The Labute approximate surface area is 155 Å². The van der Waals surface area contributed by atoms with Crippen molar-refractivity contribution in [2.45, 2.75) is 19.9 Å². The number of hydrogen-bond donors (Lipinski definition) is 2. The van der Waals surface area contributed by atoms with Gasteiger partial charge in [-0.15, -0.1) is 0 Å². The summed E-state index contributed by atoms with van der Waals surface area (Å²) >= 11 is 0. The molecular weight excluding hydrogens is 345 g/mol. The molecular formula is C21H20FN3O2. The van der Waals surface area contributed by atoms with E-state index in [0.717, 1.165) is 22.3 Å². The lowest BCUT2D eigenvalue weighted by Crippen LogP contribution is -2.39. The molecule has 2 N–H and O–H groups in total. The van der Waals surface area contributed by atoms with Crippen LogP contribution in [0.1, 0.15) is 16.8 Å². The molecule has 1 aliphatic heterocycles. The van der Waals surface area contributed by atoms with Gasteiger partial charge >= 0.3 is 0 Å². The monoisotopic (exact) mass is 365 g/mol. The standard InChI is InChI=1S/C21H20FN3O2/c1-13-5-6-18-16(9-13)21(27)17-11-25(8-7-19(17)24-18)12-20(26)23-15-4-2-3-14(22)10-15/h2-6,9-10H,7-8,11-12H2,1H3,(H,23,26)(H,24,27). The van der Waals surface area contributed by atoms with Crippen LogP contribution in [-0.2, 0) is 17.8 Å². The third-order valence-electron chi connectivity index (χ3n) is 4.88. The lowest BCUT2D eigenvalue weighted by Gasteiger charge is -2.27. The fourth-order valence-corrected chi connectivity index (χ4v) is 3.55. The first kappa shape index (κ1) is 17.4. The van der Waals surface area contributed by atoms with Gasteiger partial charge in [0.1, 0.15) is 5.82 Å². The summed E-state index contributed by atoms with van der Waals surface area (Å²) in [6.07, 6.45) is 0.682. The molecule has 2 heterocycles. The average molecular weight is 365 g/mol. The number of nitrogens with zero attached hydrogens (tertiary/aromatic N) is 1. The molecule has 1 aromatic heterocycles. The Morgan fingerprint density at radius 2 is 2.11 bits per heavy atom. The topological polar surface area (TPSA) is 65.2 Å². The number of aromatic nitrogens is 1. The number of fused-ring (bicyclic) bond motifs is 2. The molecule has 138 valence electrons. The molecule has 2 aromatic carbocycles. The van der Waals surface area contributed by atoms with Crippen LogP contribution >= 0.6 is 0 Å². The summed E-state index contributed by atoms with van der Waals surface area (Å²) in [7, 11) is 0. The highest BCUT2D eigenvalue weighted by atomic mass is 19.1. The summed E-state index contributed by atoms with van der Waals surface area (Å²) in [6.45, 7) is 3.21. The van der Waals surface area contributed by atoms with Gasteiger partial charge in [0.15, 0.2) is 5.43 Å². The van der Waals surface area contributed by atoms with Crippen LogP contribution in [0.15, 0.2) is 47.3 Å². The molecule has 0 saturated carbocycles. The molecule has 6 heteroatoms. The van der Waals surface area contributed by atoms with Crippen LogP contribution in [-0.4, -0.2) is 28.9 Å².